The van der Waals surface area contributed by atoms with E-state index in [0.717, 1.165) is 51.6 Å². The number of rotatable bonds is 16. The van der Waals surface area contributed by atoms with E-state index in [1.807, 2.05) is 0 Å². The summed E-state index contributed by atoms with van der Waals surface area (Å²) in [5.74, 6) is 0.826. The summed E-state index contributed by atoms with van der Waals surface area (Å²) in [7, 11) is -3.54. The third kappa shape index (κ3) is 9.85. The summed E-state index contributed by atoms with van der Waals surface area (Å²) < 4.78 is 30.6. The van der Waals surface area contributed by atoms with Crippen LogP contribution in [0.25, 0.3) is 0 Å². The van der Waals surface area contributed by atoms with E-state index in [0.29, 0.717) is 25.0 Å². The largest absolute Gasteiger partial charge is 0.491 e. The van der Waals surface area contributed by atoms with Crippen LogP contribution in [0.15, 0.2) is 0 Å². The number of nitrogens with zero attached hydrogens (tertiary/aromatic N) is 1. The van der Waals surface area contributed by atoms with E-state index in [4.69, 9.17) is 13.7 Å². The standard InChI is InChI=1S/C20H42NO4P/c1-5-9-13-19(7-3)17-23-26(22,25-21-15-11-12-16-21)24-18-20(8-4)14-10-6-2/h19-20H,5-18H2,1-4H3. The minimum atomic E-state index is -3.54. The summed E-state index contributed by atoms with van der Waals surface area (Å²) in [6, 6.07) is 0. The second-order valence-corrected chi connectivity index (χ2v) is 9.16. The van der Waals surface area contributed by atoms with Crippen molar-refractivity contribution in [1.82, 2.24) is 5.06 Å². The lowest BCUT2D eigenvalue weighted by Crippen LogP contribution is -2.22. The summed E-state index contributed by atoms with van der Waals surface area (Å²) in [6.07, 6.45) is 11.1. The number of hydrogen-bond donors (Lipinski definition) is 0. The fourth-order valence-electron chi connectivity index (χ4n) is 3.19. The number of hydrogen-bond acceptors (Lipinski definition) is 5. The van der Waals surface area contributed by atoms with E-state index in [1.54, 1.807) is 5.06 Å². The van der Waals surface area contributed by atoms with Crippen LogP contribution < -0.4 is 0 Å². The molecule has 1 saturated heterocycles. The Morgan fingerprint density at radius 1 is 0.846 bits per heavy atom. The highest BCUT2D eigenvalue weighted by molar-refractivity contribution is 7.48. The average Bonchev–Trinajstić information content (AvgIpc) is 3.15. The zero-order valence-electron chi connectivity index (χ0n) is 17.6. The lowest BCUT2D eigenvalue weighted by molar-refractivity contribution is -0.0781. The van der Waals surface area contributed by atoms with Crippen LogP contribution in [0.4, 0.5) is 0 Å². The van der Waals surface area contributed by atoms with E-state index in [2.05, 4.69) is 27.7 Å². The minimum Gasteiger partial charge on any atom is -0.286 e. The van der Waals surface area contributed by atoms with Gasteiger partial charge in [0.15, 0.2) is 0 Å². The molecular weight excluding hydrogens is 349 g/mol. The van der Waals surface area contributed by atoms with Crippen LogP contribution in [-0.4, -0.2) is 31.4 Å². The van der Waals surface area contributed by atoms with Gasteiger partial charge in [0.1, 0.15) is 0 Å². The molecule has 0 aromatic heterocycles. The van der Waals surface area contributed by atoms with Gasteiger partial charge in [-0.3, -0.25) is 9.05 Å². The van der Waals surface area contributed by atoms with Gasteiger partial charge in [-0.15, -0.1) is 0 Å². The molecule has 1 aliphatic rings. The molecule has 26 heavy (non-hydrogen) atoms. The summed E-state index contributed by atoms with van der Waals surface area (Å²) >= 11 is 0. The van der Waals surface area contributed by atoms with Gasteiger partial charge < -0.3 is 0 Å². The molecule has 0 N–H and O–H groups in total. The van der Waals surface area contributed by atoms with E-state index < -0.39 is 7.82 Å². The van der Waals surface area contributed by atoms with Gasteiger partial charge in [-0.1, -0.05) is 66.2 Å². The Morgan fingerprint density at radius 2 is 1.31 bits per heavy atom. The minimum absolute atomic E-state index is 0.413. The molecule has 1 heterocycles. The van der Waals surface area contributed by atoms with Crippen molar-refractivity contribution in [3.05, 3.63) is 0 Å². The molecule has 0 aromatic carbocycles. The molecule has 0 radical (unpaired) electrons. The number of hydroxylamine groups is 2. The first-order chi connectivity index (χ1) is 12.6. The van der Waals surface area contributed by atoms with Crippen LogP contribution in [0.3, 0.4) is 0 Å². The maximum Gasteiger partial charge on any atom is 0.491 e. The molecular formula is C20H42NO4P. The first-order valence-electron chi connectivity index (χ1n) is 10.9. The van der Waals surface area contributed by atoms with Gasteiger partial charge in [0.25, 0.3) is 0 Å². The third-order valence-electron chi connectivity index (χ3n) is 5.30. The van der Waals surface area contributed by atoms with Crippen LogP contribution in [0.2, 0.25) is 0 Å². The Balaban J connectivity index is 2.60. The second kappa shape index (κ2) is 14.1. The summed E-state index contributed by atoms with van der Waals surface area (Å²) in [6.45, 7) is 11.2. The summed E-state index contributed by atoms with van der Waals surface area (Å²) in [5.41, 5.74) is 0. The molecule has 6 heteroatoms. The maximum atomic E-state index is 13.2. The van der Waals surface area contributed by atoms with Crippen molar-refractivity contribution in [3.63, 3.8) is 0 Å². The zero-order chi connectivity index (χ0) is 19.3. The first kappa shape index (κ1) is 24.1. The monoisotopic (exact) mass is 391 g/mol. The molecule has 1 rings (SSSR count). The molecule has 0 spiro atoms. The van der Waals surface area contributed by atoms with E-state index >= 15 is 0 Å². The van der Waals surface area contributed by atoms with Crippen molar-refractivity contribution in [2.45, 2.75) is 91.9 Å². The summed E-state index contributed by atoms with van der Waals surface area (Å²) in [4.78, 5) is 0. The van der Waals surface area contributed by atoms with E-state index in [9.17, 15) is 4.57 Å². The highest BCUT2D eigenvalue weighted by atomic mass is 31.2. The molecule has 1 fully saturated rings. The normalized spacial score (nSPS) is 20.2. The molecule has 156 valence electrons. The van der Waals surface area contributed by atoms with Crippen LogP contribution in [0.5, 0.6) is 0 Å². The maximum absolute atomic E-state index is 13.2. The molecule has 0 amide bonds. The topological polar surface area (TPSA) is 48.0 Å². The van der Waals surface area contributed by atoms with Gasteiger partial charge in [0, 0.05) is 13.1 Å². The average molecular weight is 392 g/mol. The quantitative estimate of drug-likeness (QED) is 0.278. The van der Waals surface area contributed by atoms with Gasteiger partial charge in [0.2, 0.25) is 0 Å². The van der Waals surface area contributed by atoms with Gasteiger partial charge in [0.05, 0.1) is 13.2 Å². The van der Waals surface area contributed by atoms with Crippen molar-refractivity contribution in [2.24, 2.45) is 11.8 Å². The summed E-state index contributed by atoms with van der Waals surface area (Å²) in [5, 5.41) is 1.76. The van der Waals surface area contributed by atoms with Crippen molar-refractivity contribution in [3.8, 4) is 0 Å². The highest BCUT2D eigenvalue weighted by Gasteiger charge is 2.33. The molecule has 0 bridgehead atoms. The van der Waals surface area contributed by atoms with Gasteiger partial charge in [-0.2, -0.15) is 9.69 Å². The zero-order valence-corrected chi connectivity index (χ0v) is 18.5. The van der Waals surface area contributed by atoms with Crippen molar-refractivity contribution >= 4 is 7.82 Å². The Kier molecular flexibility index (Phi) is 13.1. The molecule has 2 unspecified atom stereocenters. The Hall–Kier alpha value is 0.0700. The SMILES string of the molecule is CCCCC(CC)COP(=O)(OCC(CC)CCCC)ON1CCCC1. The third-order valence-corrected chi connectivity index (χ3v) is 6.67. The molecule has 5 nitrogen and oxygen atoms in total. The number of unbranched alkanes of at least 4 members (excludes halogenated alkanes) is 2. The van der Waals surface area contributed by atoms with E-state index in [-0.39, 0.29) is 0 Å². The van der Waals surface area contributed by atoms with Crippen LogP contribution in [-0.2, 0) is 18.2 Å². The van der Waals surface area contributed by atoms with Gasteiger partial charge in [-0.25, -0.2) is 4.57 Å². The Morgan fingerprint density at radius 3 is 1.69 bits per heavy atom. The van der Waals surface area contributed by atoms with Crippen molar-refractivity contribution in [1.29, 1.82) is 0 Å². The van der Waals surface area contributed by atoms with Crippen LogP contribution in [0, 0.1) is 11.8 Å². The predicted octanol–water partition coefficient (Wildman–Crippen LogP) is 6.59. The molecule has 2 atom stereocenters. The Labute approximate surface area is 161 Å². The van der Waals surface area contributed by atoms with Crippen molar-refractivity contribution < 1.29 is 18.2 Å². The molecule has 0 aromatic rings. The molecule has 0 aliphatic carbocycles. The fraction of sp³-hybridized carbons (Fsp3) is 1.00. The first-order valence-corrected chi connectivity index (χ1v) is 12.4. The lowest BCUT2D eigenvalue weighted by Gasteiger charge is -2.26. The van der Waals surface area contributed by atoms with Gasteiger partial charge >= 0.3 is 7.82 Å². The highest BCUT2D eigenvalue weighted by Crippen LogP contribution is 2.52. The second-order valence-electron chi connectivity index (χ2n) is 7.59. The fourth-order valence-corrected chi connectivity index (χ4v) is 4.59. The van der Waals surface area contributed by atoms with Gasteiger partial charge in [-0.05, 0) is 37.5 Å². The smallest absolute Gasteiger partial charge is 0.286 e. The molecule has 0 saturated carbocycles. The predicted molar refractivity (Wildman–Crippen MR) is 108 cm³/mol. The molecule has 1 aliphatic heterocycles. The lowest BCUT2D eigenvalue weighted by atomic mass is 10.0. The van der Waals surface area contributed by atoms with E-state index in [1.165, 1.54) is 25.7 Å². The number of phosphoric acid groups is 1. The Bertz CT molecular complexity index is 364. The number of phosphoric ester groups is 1. The van der Waals surface area contributed by atoms with Crippen LogP contribution >= 0.6 is 7.82 Å². The van der Waals surface area contributed by atoms with Crippen molar-refractivity contribution in [2.75, 3.05) is 26.3 Å². The van der Waals surface area contributed by atoms with Crippen LogP contribution in [0.1, 0.15) is 91.9 Å².